The Balaban J connectivity index is 0.00000272. The van der Waals surface area contributed by atoms with Crippen LogP contribution in [0.25, 0.3) is 10.8 Å². The van der Waals surface area contributed by atoms with Crippen molar-refractivity contribution < 1.29 is 36.0 Å². The van der Waals surface area contributed by atoms with Crippen LogP contribution in [0.3, 0.4) is 0 Å². The minimum atomic E-state index is -4.91. The van der Waals surface area contributed by atoms with Gasteiger partial charge in [0.15, 0.2) is 0 Å². The van der Waals surface area contributed by atoms with Gasteiger partial charge in [-0.3, -0.25) is 19.2 Å². The Kier molecular flexibility index (Phi) is 8.64. The van der Waals surface area contributed by atoms with E-state index in [1.165, 1.54) is 12.1 Å². The fourth-order valence-electron chi connectivity index (χ4n) is 2.68. The number of fused-ring (bicyclic) bond motifs is 1. The summed E-state index contributed by atoms with van der Waals surface area (Å²) in [5.74, 6) is -0.620. The number of phenolic OH excluding ortho intramolecular Hbond substituents is 1. The number of nitrogen functional groups attached to an aromatic ring is 1. The Labute approximate surface area is 208 Å². The number of phenols is 1. The van der Waals surface area contributed by atoms with Crippen LogP contribution in [0.2, 0.25) is 0 Å². The monoisotopic (exact) mass is 508 g/mol. The number of hydrogen-bond donors (Lipinski definition) is 5. The van der Waals surface area contributed by atoms with Crippen molar-refractivity contribution in [2.75, 3.05) is 5.73 Å². The zero-order valence-electron chi connectivity index (χ0n) is 16.8. The summed E-state index contributed by atoms with van der Waals surface area (Å²) in [5, 5.41) is 28.6. The van der Waals surface area contributed by atoms with Crippen LogP contribution < -0.4 is 11.9 Å². The van der Waals surface area contributed by atoms with Crippen molar-refractivity contribution in [3.05, 3.63) is 52.6 Å². The normalized spacial score (nSPS) is 11.7. The van der Waals surface area contributed by atoms with Gasteiger partial charge in [-0.1, -0.05) is 6.07 Å². The van der Waals surface area contributed by atoms with E-state index in [4.69, 9.17) is 5.73 Å². The SMILES string of the molecule is N.Nc1ccc2cc(S(=O)(=O)O)cc(O)c2c1N=Nc1ccc([N+](=O)[O-])cc1S(=O)(=O)O.[Na]. The summed E-state index contributed by atoms with van der Waals surface area (Å²) in [4.78, 5) is 8.52. The van der Waals surface area contributed by atoms with Crippen LogP contribution in [0, 0.1) is 10.1 Å². The molecule has 33 heavy (non-hydrogen) atoms. The van der Waals surface area contributed by atoms with Crippen molar-refractivity contribution in [2.45, 2.75) is 9.79 Å². The van der Waals surface area contributed by atoms with Crippen molar-refractivity contribution >= 4 is 83.3 Å². The van der Waals surface area contributed by atoms with Crippen LogP contribution in [0.15, 0.2) is 62.5 Å². The third-order valence-corrected chi connectivity index (χ3v) is 5.78. The van der Waals surface area contributed by atoms with Crippen molar-refractivity contribution in [3.8, 4) is 5.75 Å². The van der Waals surface area contributed by atoms with Crippen molar-refractivity contribution in [1.82, 2.24) is 6.15 Å². The van der Waals surface area contributed by atoms with Gasteiger partial charge in [0, 0.05) is 47.8 Å². The standard InChI is InChI=1S/C16H12N4O9S2.H3N.Na/c17-11-3-1-8-5-10(30(24,25)26)7-13(21)15(8)16(11)19-18-12-4-2-9(20(22)23)6-14(12)31(27,28)29;;/h1-7,21H,17H2,(H,24,25,26)(H,27,28,29);1H3;. The molecule has 8 N–H and O–H groups in total. The van der Waals surface area contributed by atoms with E-state index in [1.54, 1.807) is 0 Å². The minimum absolute atomic E-state index is 0. The molecule has 0 spiro atoms. The van der Waals surface area contributed by atoms with Gasteiger partial charge < -0.3 is 17.0 Å². The maximum absolute atomic E-state index is 11.6. The maximum atomic E-state index is 11.6. The molecule has 0 aliphatic heterocycles. The second-order valence-corrected chi connectivity index (χ2v) is 8.91. The van der Waals surface area contributed by atoms with Crippen LogP contribution in [0.5, 0.6) is 5.75 Å². The molecule has 0 unspecified atom stereocenters. The fourth-order valence-corrected chi connectivity index (χ4v) is 3.86. The topological polar surface area (TPSA) is 258 Å². The summed E-state index contributed by atoms with van der Waals surface area (Å²) >= 11 is 0. The summed E-state index contributed by atoms with van der Waals surface area (Å²) in [6, 6.07) is 6.89. The molecule has 171 valence electrons. The van der Waals surface area contributed by atoms with Crippen molar-refractivity contribution in [3.63, 3.8) is 0 Å². The molecule has 3 aromatic carbocycles. The van der Waals surface area contributed by atoms with Gasteiger partial charge in [-0.05, 0) is 23.6 Å². The molecule has 0 saturated heterocycles. The molecule has 0 aliphatic carbocycles. The number of rotatable bonds is 5. The fraction of sp³-hybridized carbons (Fsp3) is 0. The Bertz CT molecular complexity index is 1490. The molecule has 14 nitrogen and oxygen atoms in total. The van der Waals surface area contributed by atoms with E-state index >= 15 is 0 Å². The summed E-state index contributed by atoms with van der Waals surface area (Å²) in [6.45, 7) is 0. The van der Waals surface area contributed by atoms with E-state index in [9.17, 15) is 41.2 Å². The number of aromatic hydroxyl groups is 1. The zero-order chi connectivity index (χ0) is 23.1. The van der Waals surface area contributed by atoms with Crippen molar-refractivity contribution in [1.29, 1.82) is 0 Å². The van der Waals surface area contributed by atoms with Crippen LogP contribution in [0.4, 0.5) is 22.7 Å². The third-order valence-electron chi connectivity index (χ3n) is 4.06. The van der Waals surface area contributed by atoms with E-state index in [2.05, 4.69) is 10.2 Å². The predicted octanol–water partition coefficient (Wildman–Crippen LogP) is 2.73. The smallest absolute Gasteiger partial charge is 0.297 e. The number of anilines is 1. The number of hydrogen-bond acceptors (Lipinski definition) is 11. The molecular weight excluding hydrogens is 493 g/mol. The van der Waals surface area contributed by atoms with Crippen molar-refractivity contribution in [2.24, 2.45) is 10.2 Å². The van der Waals surface area contributed by atoms with Gasteiger partial charge in [0.2, 0.25) is 0 Å². The Hall–Kier alpha value is -2.70. The van der Waals surface area contributed by atoms with E-state index in [0.29, 0.717) is 6.07 Å². The molecular formula is C16H15N5NaO9S2. The number of nitrogens with two attached hydrogens (primary N) is 1. The first-order valence-corrected chi connectivity index (χ1v) is 10.9. The second-order valence-electron chi connectivity index (χ2n) is 6.10. The third kappa shape index (κ3) is 6.01. The Morgan fingerprint density at radius 2 is 1.58 bits per heavy atom. The summed E-state index contributed by atoms with van der Waals surface area (Å²) in [6.07, 6.45) is 0. The first-order valence-electron chi connectivity index (χ1n) is 7.99. The van der Waals surface area contributed by atoms with E-state index < -0.39 is 52.1 Å². The van der Waals surface area contributed by atoms with Gasteiger partial charge in [0.25, 0.3) is 25.9 Å². The number of nitro groups is 1. The van der Waals surface area contributed by atoms with E-state index in [-0.39, 0.29) is 57.9 Å². The van der Waals surface area contributed by atoms with Crippen LogP contribution in [-0.2, 0) is 20.2 Å². The van der Waals surface area contributed by atoms with Crippen LogP contribution in [-0.4, -0.2) is 65.5 Å². The number of benzene rings is 3. The Morgan fingerprint density at radius 3 is 2.12 bits per heavy atom. The van der Waals surface area contributed by atoms with Gasteiger partial charge >= 0.3 is 0 Å². The molecule has 1 radical (unpaired) electrons. The largest absolute Gasteiger partial charge is 0.507 e. The van der Waals surface area contributed by atoms with Gasteiger partial charge in [0.05, 0.1) is 20.9 Å². The van der Waals surface area contributed by atoms with Gasteiger partial charge in [0.1, 0.15) is 22.0 Å². The predicted molar refractivity (Wildman–Crippen MR) is 118 cm³/mol. The first-order chi connectivity index (χ1) is 14.3. The summed E-state index contributed by atoms with van der Waals surface area (Å²) in [7, 11) is -9.53. The molecule has 0 bridgehead atoms. The number of azo groups is 1. The van der Waals surface area contributed by atoms with E-state index in [1.807, 2.05) is 0 Å². The Morgan fingerprint density at radius 1 is 0.939 bits per heavy atom. The number of nitro benzene ring substituents is 1. The second kappa shape index (κ2) is 10.1. The molecule has 17 heteroatoms. The quantitative estimate of drug-likeness (QED) is 0.0835. The van der Waals surface area contributed by atoms with Gasteiger partial charge in [-0.15, -0.1) is 10.2 Å². The molecule has 0 amide bonds. The number of non-ortho nitro benzene ring substituents is 1. The minimum Gasteiger partial charge on any atom is -0.507 e. The average Bonchev–Trinajstić information content (AvgIpc) is 2.65. The summed E-state index contributed by atoms with van der Waals surface area (Å²) in [5.41, 5.74) is 4.54. The molecule has 0 heterocycles. The van der Waals surface area contributed by atoms with E-state index in [0.717, 1.165) is 24.3 Å². The zero-order valence-corrected chi connectivity index (χ0v) is 20.4. The molecule has 0 aromatic heterocycles. The maximum Gasteiger partial charge on any atom is 0.297 e. The molecule has 0 saturated carbocycles. The molecule has 0 fully saturated rings. The van der Waals surface area contributed by atoms with Gasteiger partial charge in [-0.2, -0.15) is 16.8 Å². The van der Waals surface area contributed by atoms with Crippen LogP contribution in [0.1, 0.15) is 0 Å². The number of nitrogens with zero attached hydrogens (tertiary/aromatic N) is 3. The summed E-state index contributed by atoms with van der Waals surface area (Å²) < 4.78 is 64.4. The van der Waals surface area contributed by atoms with Crippen LogP contribution >= 0.6 is 0 Å². The van der Waals surface area contributed by atoms with Gasteiger partial charge in [-0.25, -0.2) is 0 Å². The molecule has 3 aromatic rings. The first kappa shape index (κ1) is 28.3. The molecule has 3 rings (SSSR count). The molecule has 0 atom stereocenters. The average molecular weight is 508 g/mol. The molecule has 0 aliphatic rings.